The zero-order valence-corrected chi connectivity index (χ0v) is 11.8. The van der Waals surface area contributed by atoms with Crippen molar-refractivity contribution in [2.24, 2.45) is 0 Å². The third kappa shape index (κ3) is 5.15. The van der Waals surface area contributed by atoms with Crippen molar-refractivity contribution in [3.8, 4) is 0 Å². The second-order valence-electron chi connectivity index (χ2n) is 4.68. The lowest BCUT2D eigenvalue weighted by molar-refractivity contribution is 0.287. The second kappa shape index (κ2) is 8.22. The summed E-state index contributed by atoms with van der Waals surface area (Å²) in [5.41, 5.74) is 2.19. The first-order valence-electron chi connectivity index (χ1n) is 6.85. The molecule has 0 bridgehead atoms. The first kappa shape index (κ1) is 15.1. The van der Waals surface area contributed by atoms with Gasteiger partial charge < -0.3 is 10.2 Å². The quantitative estimate of drug-likeness (QED) is 0.716. The maximum absolute atomic E-state index is 13.1. The predicted octanol–water partition coefficient (Wildman–Crippen LogP) is 2.96. The summed E-state index contributed by atoms with van der Waals surface area (Å²) in [5.74, 6) is -0.154. The fraction of sp³-hybridized carbons (Fsp3) is 0.600. The normalized spacial score (nSPS) is 11.2. The molecule has 0 spiro atoms. The summed E-state index contributed by atoms with van der Waals surface area (Å²) in [4.78, 5) is 2.42. The van der Waals surface area contributed by atoms with Gasteiger partial charge in [0.15, 0.2) is 0 Å². The van der Waals surface area contributed by atoms with Crippen molar-refractivity contribution in [1.82, 2.24) is 10.2 Å². The fourth-order valence-electron chi connectivity index (χ4n) is 2.03. The van der Waals surface area contributed by atoms with Crippen molar-refractivity contribution in [3.05, 3.63) is 35.1 Å². The number of nitrogens with one attached hydrogen (secondary N) is 1. The predicted molar refractivity (Wildman–Crippen MR) is 75.2 cm³/mol. The Morgan fingerprint density at radius 3 is 2.67 bits per heavy atom. The van der Waals surface area contributed by atoms with Crippen LogP contribution in [0.3, 0.4) is 0 Å². The van der Waals surface area contributed by atoms with Crippen LogP contribution < -0.4 is 5.32 Å². The number of nitrogens with zero attached hydrogens (tertiary/aromatic N) is 1. The molecular weight excluding hydrogens is 227 g/mol. The highest BCUT2D eigenvalue weighted by atomic mass is 19.1. The average molecular weight is 252 g/mol. The lowest BCUT2D eigenvalue weighted by Crippen LogP contribution is -2.32. The molecule has 3 heteroatoms. The van der Waals surface area contributed by atoms with Gasteiger partial charge in [0.1, 0.15) is 5.82 Å². The highest BCUT2D eigenvalue weighted by Crippen LogP contribution is 2.09. The van der Waals surface area contributed by atoms with Gasteiger partial charge in [0, 0.05) is 19.6 Å². The summed E-state index contributed by atoms with van der Waals surface area (Å²) in [7, 11) is 0. The maximum atomic E-state index is 13.1. The molecule has 0 amide bonds. The fourth-order valence-corrected chi connectivity index (χ4v) is 2.03. The molecule has 0 heterocycles. The van der Waals surface area contributed by atoms with Crippen molar-refractivity contribution >= 4 is 0 Å². The van der Waals surface area contributed by atoms with Gasteiger partial charge in [-0.3, -0.25) is 0 Å². The Morgan fingerprint density at radius 1 is 1.22 bits per heavy atom. The van der Waals surface area contributed by atoms with Crippen LogP contribution in [0.15, 0.2) is 18.2 Å². The van der Waals surface area contributed by atoms with E-state index in [1.54, 1.807) is 6.07 Å². The third-order valence-corrected chi connectivity index (χ3v) is 3.22. The van der Waals surface area contributed by atoms with Crippen LogP contribution in [-0.2, 0) is 6.54 Å². The highest BCUT2D eigenvalue weighted by molar-refractivity contribution is 5.26. The van der Waals surface area contributed by atoms with E-state index in [0.29, 0.717) is 0 Å². The molecule has 0 aromatic heterocycles. The van der Waals surface area contributed by atoms with Crippen LogP contribution in [-0.4, -0.2) is 31.1 Å². The monoisotopic (exact) mass is 252 g/mol. The van der Waals surface area contributed by atoms with E-state index in [0.717, 1.165) is 43.9 Å². The van der Waals surface area contributed by atoms with E-state index in [2.05, 4.69) is 24.1 Å². The molecular formula is C15H25FN2. The Labute approximate surface area is 110 Å². The second-order valence-corrected chi connectivity index (χ2v) is 4.68. The van der Waals surface area contributed by atoms with Crippen molar-refractivity contribution < 1.29 is 4.39 Å². The number of rotatable bonds is 8. The van der Waals surface area contributed by atoms with Crippen LogP contribution in [0, 0.1) is 12.7 Å². The molecule has 0 aliphatic carbocycles. The average Bonchev–Trinajstić information content (AvgIpc) is 2.37. The Morgan fingerprint density at radius 2 is 2.00 bits per heavy atom. The minimum atomic E-state index is -0.154. The van der Waals surface area contributed by atoms with Gasteiger partial charge in [-0.15, -0.1) is 0 Å². The lowest BCUT2D eigenvalue weighted by Gasteiger charge is -2.19. The number of benzene rings is 1. The number of hydrogen-bond donors (Lipinski definition) is 1. The molecule has 18 heavy (non-hydrogen) atoms. The van der Waals surface area contributed by atoms with Crippen LogP contribution >= 0.6 is 0 Å². The SMILES string of the molecule is CCCN(CC)CCNCc1cc(F)ccc1C. The number of likely N-dealkylation sites (N-methyl/N-ethyl adjacent to an activating group) is 1. The molecule has 0 aliphatic rings. The molecule has 102 valence electrons. The first-order valence-corrected chi connectivity index (χ1v) is 6.85. The van der Waals surface area contributed by atoms with E-state index in [-0.39, 0.29) is 5.82 Å². The van der Waals surface area contributed by atoms with Gasteiger partial charge in [0.25, 0.3) is 0 Å². The van der Waals surface area contributed by atoms with Crippen molar-refractivity contribution in [2.45, 2.75) is 33.7 Å². The van der Waals surface area contributed by atoms with E-state index in [1.165, 1.54) is 12.5 Å². The third-order valence-electron chi connectivity index (χ3n) is 3.22. The Bertz CT molecular complexity index is 352. The molecule has 0 saturated carbocycles. The lowest BCUT2D eigenvalue weighted by atomic mass is 10.1. The van der Waals surface area contributed by atoms with Gasteiger partial charge in [0.05, 0.1) is 0 Å². The van der Waals surface area contributed by atoms with Crippen molar-refractivity contribution in [1.29, 1.82) is 0 Å². The maximum Gasteiger partial charge on any atom is 0.123 e. The van der Waals surface area contributed by atoms with E-state index in [4.69, 9.17) is 0 Å². The zero-order chi connectivity index (χ0) is 13.4. The van der Waals surface area contributed by atoms with Crippen molar-refractivity contribution in [2.75, 3.05) is 26.2 Å². The summed E-state index contributed by atoms with van der Waals surface area (Å²) >= 11 is 0. The smallest absolute Gasteiger partial charge is 0.123 e. The Balaban J connectivity index is 2.31. The molecule has 0 unspecified atom stereocenters. The van der Waals surface area contributed by atoms with Gasteiger partial charge >= 0.3 is 0 Å². The number of aryl methyl sites for hydroxylation is 1. The Hall–Kier alpha value is -0.930. The molecule has 0 fully saturated rings. The van der Waals surface area contributed by atoms with E-state index >= 15 is 0 Å². The molecule has 1 aromatic carbocycles. The standard InChI is InChI=1S/C15H25FN2/c1-4-9-18(5-2)10-8-17-12-14-11-15(16)7-6-13(14)3/h6-7,11,17H,4-5,8-10,12H2,1-3H3. The molecule has 1 aromatic rings. The first-order chi connectivity index (χ1) is 8.67. The molecule has 0 atom stereocenters. The summed E-state index contributed by atoms with van der Waals surface area (Å²) in [6, 6.07) is 4.96. The summed E-state index contributed by atoms with van der Waals surface area (Å²) in [6.07, 6.45) is 1.19. The molecule has 1 rings (SSSR count). The molecule has 1 N–H and O–H groups in total. The largest absolute Gasteiger partial charge is 0.311 e. The topological polar surface area (TPSA) is 15.3 Å². The zero-order valence-electron chi connectivity index (χ0n) is 11.8. The number of halogens is 1. The van der Waals surface area contributed by atoms with E-state index in [1.807, 2.05) is 13.0 Å². The highest BCUT2D eigenvalue weighted by Gasteiger charge is 2.02. The van der Waals surface area contributed by atoms with Gasteiger partial charge in [-0.1, -0.05) is 19.9 Å². The molecule has 0 radical (unpaired) electrons. The van der Waals surface area contributed by atoms with Crippen LogP contribution in [0.5, 0.6) is 0 Å². The van der Waals surface area contributed by atoms with Crippen LogP contribution in [0.4, 0.5) is 4.39 Å². The minimum absolute atomic E-state index is 0.154. The van der Waals surface area contributed by atoms with Crippen LogP contribution in [0.2, 0.25) is 0 Å². The van der Waals surface area contributed by atoms with Gasteiger partial charge in [-0.25, -0.2) is 4.39 Å². The van der Waals surface area contributed by atoms with Gasteiger partial charge in [-0.05, 0) is 49.7 Å². The minimum Gasteiger partial charge on any atom is -0.311 e. The van der Waals surface area contributed by atoms with Gasteiger partial charge in [0.2, 0.25) is 0 Å². The molecule has 0 saturated heterocycles. The van der Waals surface area contributed by atoms with Gasteiger partial charge in [-0.2, -0.15) is 0 Å². The summed E-state index contributed by atoms with van der Waals surface area (Å²) < 4.78 is 13.1. The van der Waals surface area contributed by atoms with Crippen LogP contribution in [0.25, 0.3) is 0 Å². The molecule has 2 nitrogen and oxygen atoms in total. The van der Waals surface area contributed by atoms with E-state index in [9.17, 15) is 4.39 Å². The van der Waals surface area contributed by atoms with Crippen molar-refractivity contribution in [3.63, 3.8) is 0 Å². The Kier molecular flexibility index (Phi) is 6.91. The molecule has 0 aliphatic heterocycles. The number of hydrogen-bond acceptors (Lipinski definition) is 2. The summed E-state index contributed by atoms with van der Waals surface area (Å²) in [5, 5.41) is 3.38. The van der Waals surface area contributed by atoms with Crippen LogP contribution in [0.1, 0.15) is 31.4 Å². The summed E-state index contributed by atoms with van der Waals surface area (Å²) in [6.45, 7) is 11.4. The van der Waals surface area contributed by atoms with E-state index < -0.39 is 0 Å².